The fourth-order valence-corrected chi connectivity index (χ4v) is 1.66. The maximum atomic E-state index is 11.7. The maximum absolute atomic E-state index is 11.7. The van der Waals surface area contributed by atoms with E-state index in [0.29, 0.717) is 24.7 Å². The van der Waals surface area contributed by atoms with Crippen LogP contribution in [0.5, 0.6) is 5.75 Å². The van der Waals surface area contributed by atoms with Gasteiger partial charge in [-0.15, -0.1) is 0 Å². The van der Waals surface area contributed by atoms with Crippen molar-refractivity contribution in [3.8, 4) is 5.75 Å². The van der Waals surface area contributed by atoms with Crippen LogP contribution in [0, 0.1) is 5.92 Å². The standard InChI is InChI=1S/C13H17NO3/c1-9(2)8-17-14-13(15)11-3-4-12-10(7-11)5-6-16-12/h3-4,7,9H,5-6,8H2,1-2H3,(H,14,15). The number of ether oxygens (including phenoxy) is 1. The highest BCUT2D eigenvalue weighted by Crippen LogP contribution is 2.25. The van der Waals surface area contributed by atoms with Crippen molar-refractivity contribution in [2.45, 2.75) is 20.3 Å². The predicted octanol–water partition coefficient (Wildman–Crippen LogP) is 1.94. The molecule has 1 N–H and O–H groups in total. The van der Waals surface area contributed by atoms with Gasteiger partial charge in [0, 0.05) is 12.0 Å². The number of benzene rings is 1. The average molecular weight is 235 g/mol. The van der Waals surface area contributed by atoms with Gasteiger partial charge < -0.3 is 4.74 Å². The van der Waals surface area contributed by atoms with Crippen LogP contribution in [0.25, 0.3) is 0 Å². The first-order chi connectivity index (χ1) is 8.16. The second-order valence-corrected chi connectivity index (χ2v) is 4.56. The molecule has 1 amide bonds. The van der Waals surface area contributed by atoms with Gasteiger partial charge in [-0.05, 0) is 29.7 Å². The Morgan fingerprint density at radius 2 is 2.35 bits per heavy atom. The van der Waals surface area contributed by atoms with Crippen LogP contribution < -0.4 is 10.2 Å². The molecule has 17 heavy (non-hydrogen) atoms. The Bertz CT molecular complexity index is 415. The summed E-state index contributed by atoms with van der Waals surface area (Å²) in [7, 11) is 0. The number of rotatable bonds is 4. The van der Waals surface area contributed by atoms with E-state index >= 15 is 0 Å². The van der Waals surface area contributed by atoms with Crippen molar-refractivity contribution in [3.63, 3.8) is 0 Å². The van der Waals surface area contributed by atoms with Gasteiger partial charge in [0.2, 0.25) is 0 Å². The summed E-state index contributed by atoms with van der Waals surface area (Å²) in [5.41, 5.74) is 4.14. The first-order valence-corrected chi connectivity index (χ1v) is 5.84. The van der Waals surface area contributed by atoms with E-state index in [0.717, 1.165) is 17.7 Å². The molecule has 92 valence electrons. The Balaban J connectivity index is 1.95. The summed E-state index contributed by atoms with van der Waals surface area (Å²) >= 11 is 0. The average Bonchev–Trinajstić information content (AvgIpc) is 2.75. The minimum Gasteiger partial charge on any atom is -0.493 e. The van der Waals surface area contributed by atoms with Gasteiger partial charge in [-0.1, -0.05) is 13.8 Å². The second-order valence-electron chi connectivity index (χ2n) is 4.56. The Morgan fingerprint density at radius 3 is 3.12 bits per heavy atom. The van der Waals surface area contributed by atoms with Gasteiger partial charge in [0.05, 0.1) is 13.2 Å². The predicted molar refractivity (Wildman–Crippen MR) is 63.9 cm³/mol. The van der Waals surface area contributed by atoms with E-state index in [-0.39, 0.29) is 5.91 Å². The molecule has 0 spiro atoms. The molecule has 0 atom stereocenters. The minimum absolute atomic E-state index is 0.208. The number of amides is 1. The van der Waals surface area contributed by atoms with Crippen molar-refractivity contribution >= 4 is 5.91 Å². The van der Waals surface area contributed by atoms with E-state index in [1.807, 2.05) is 26.0 Å². The van der Waals surface area contributed by atoms with Crippen molar-refractivity contribution in [2.24, 2.45) is 5.92 Å². The lowest BCUT2D eigenvalue weighted by atomic mass is 10.1. The summed E-state index contributed by atoms with van der Waals surface area (Å²) in [5.74, 6) is 1.06. The molecule has 1 aliphatic heterocycles. The third-order valence-corrected chi connectivity index (χ3v) is 2.53. The lowest BCUT2D eigenvalue weighted by Crippen LogP contribution is -2.25. The zero-order chi connectivity index (χ0) is 12.3. The molecule has 4 nitrogen and oxygen atoms in total. The van der Waals surface area contributed by atoms with Crippen molar-refractivity contribution < 1.29 is 14.4 Å². The number of nitrogens with one attached hydrogen (secondary N) is 1. The fraction of sp³-hybridized carbons (Fsp3) is 0.462. The summed E-state index contributed by atoms with van der Waals surface area (Å²) in [4.78, 5) is 16.8. The summed E-state index contributed by atoms with van der Waals surface area (Å²) < 4.78 is 5.38. The zero-order valence-electron chi connectivity index (χ0n) is 10.2. The summed E-state index contributed by atoms with van der Waals surface area (Å²) in [6, 6.07) is 5.44. The molecule has 0 bridgehead atoms. The van der Waals surface area contributed by atoms with E-state index in [4.69, 9.17) is 9.57 Å². The number of carbonyl (C=O) groups is 1. The minimum atomic E-state index is -0.208. The van der Waals surface area contributed by atoms with Crippen LogP contribution in [0.15, 0.2) is 18.2 Å². The number of hydrogen-bond acceptors (Lipinski definition) is 3. The number of carbonyl (C=O) groups excluding carboxylic acids is 1. The van der Waals surface area contributed by atoms with Gasteiger partial charge in [-0.3, -0.25) is 9.63 Å². The second kappa shape index (κ2) is 5.19. The molecule has 1 aromatic rings. The Labute approximate surface area is 101 Å². The lowest BCUT2D eigenvalue weighted by molar-refractivity contribution is 0.0208. The van der Waals surface area contributed by atoms with Crippen LogP contribution in [-0.2, 0) is 11.3 Å². The number of fused-ring (bicyclic) bond motifs is 1. The van der Waals surface area contributed by atoms with Gasteiger partial charge in [0.25, 0.3) is 5.91 Å². The van der Waals surface area contributed by atoms with Crippen LogP contribution in [-0.4, -0.2) is 19.1 Å². The molecule has 1 aromatic carbocycles. The van der Waals surface area contributed by atoms with E-state index in [1.165, 1.54) is 0 Å². The Kier molecular flexibility index (Phi) is 3.64. The monoisotopic (exact) mass is 235 g/mol. The van der Waals surface area contributed by atoms with Crippen LogP contribution in [0.4, 0.5) is 0 Å². The van der Waals surface area contributed by atoms with E-state index in [9.17, 15) is 4.79 Å². The molecular formula is C13H17NO3. The third-order valence-electron chi connectivity index (χ3n) is 2.53. The van der Waals surface area contributed by atoms with Gasteiger partial charge in [-0.2, -0.15) is 0 Å². The van der Waals surface area contributed by atoms with E-state index < -0.39 is 0 Å². The van der Waals surface area contributed by atoms with Gasteiger partial charge in [0.15, 0.2) is 0 Å². The Hall–Kier alpha value is -1.55. The number of hydrogen-bond donors (Lipinski definition) is 1. The Morgan fingerprint density at radius 1 is 1.53 bits per heavy atom. The molecule has 0 aliphatic carbocycles. The third kappa shape index (κ3) is 2.97. The van der Waals surface area contributed by atoms with Crippen molar-refractivity contribution in [3.05, 3.63) is 29.3 Å². The molecule has 0 aromatic heterocycles. The van der Waals surface area contributed by atoms with Crippen LogP contribution >= 0.6 is 0 Å². The lowest BCUT2D eigenvalue weighted by Gasteiger charge is -2.08. The molecular weight excluding hydrogens is 218 g/mol. The van der Waals surface area contributed by atoms with Gasteiger partial charge >= 0.3 is 0 Å². The first-order valence-electron chi connectivity index (χ1n) is 5.84. The van der Waals surface area contributed by atoms with E-state index in [1.54, 1.807) is 6.07 Å². The maximum Gasteiger partial charge on any atom is 0.274 e. The quantitative estimate of drug-likeness (QED) is 0.811. The van der Waals surface area contributed by atoms with Crippen molar-refractivity contribution in [1.29, 1.82) is 0 Å². The molecule has 1 aliphatic rings. The highest BCUT2D eigenvalue weighted by Gasteiger charge is 2.14. The molecule has 0 radical (unpaired) electrons. The summed E-state index contributed by atoms with van der Waals surface area (Å²) in [5, 5.41) is 0. The van der Waals surface area contributed by atoms with Crippen LogP contribution in [0.2, 0.25) is 0 Å². The molecule has 2 rings (SSSR count). The normalized spacial score (nSPS) is 13.4. The SMILES string of the molecule is CC(C)CONC(=O)c1ccc2c(c1)CCO2. The van der Waals surface area contributed by atoms with Gasteiger partial charge in [0.1, 0.15) is 5.75 Å². The molecule has 0 unspecified atom stereocenters. The van der Waals surface area contributed by atoms with Crippen molar-refractivity contribution in [2.75, 3.05) is 13.2 Å². The number of hydroxylamine groups is 1. The van der Waals surface area contributed by atoms with E-state index in [2.05, 4.69) is 5.48 Å². The fourth-order valence-electron chi connectivity index (χ4n) is 1.66. The van der Waals surface area contributed by atoms with Crippen LogP contribution in [0.1, 0.15) is 29.8 Å². The smallest absolute Gasteiger partial charge is 0.274 e. The van der Waals surface area contributed by atoms with Crippen LogP contribution in [0.3, 0.4) is 0 Å². The molecule has 0 saturated heterocycles. The van der Waals surface area contributed by atoms with Crippen molar-refractivity contribution in [1.82, 2.24) is 5.48 Å². The highest BCUT2D eigenvalue weighted by atomic mass is 16.6. The zero-order valence-corrected chi connectivity index (χ0v) is 10.2. The molecule has 4 heteroatoms. The first kappa shape index (κ1) is 11.9. The largest absolute Gasteiger partial charge is 0.493 e. The summed E-state index contributed by atoms with van der Waals surface area (Å²) in [6.45, 7) is 5.27. The van der Waals surface area contributed by atoms with Gasteiger partial charge in [-0.25, -0.2) is 5.48 Å². The highest BCUT2D eigenvalue weighted by molar-refractivity contribution is 5.93. The molecule has 0 fully saturated rings. The molecule has 0 saturated carbocycles. The summed E-state index contributed by atoms with van der Waals surface area (Å²) in [6.07, 6.45) is 0.864. The molecule has 1 heterocycles. The topological polar surface area (TPSA) is 47.6 Å².